The predicted octanol–water partition coefficient (Wildman–Crippen LogP) is 3.25. The fraction of sp³-hybridized carbons (Fsp3) is 0.533. The second-order valence-corrected chi connectivity index (χ2v) is 7.00. The largest absolute Gasteiger partial charge is 0.389 e. The average molecular weight is 376 g/mol. The fourth-order valence-corrected chi connectivity index (χ4v) is 2.90. The number of benzene rings is 1. The van der Waals surface area contributed by atoms with E-state index >= 15 is 0 Å². The van der Waals surface area contributed by atoms with Crippen LogP contribution in [0.1, 0.15) is 19.4 Å². The van der Waals surface area contributed by atoms with E-state index in [-0.39, 0.29) is 10.8 Å². The summed E-state index contributed by atoms with van der Waals surface area (Å²) in [6.07, 6.45) is 0. The Morgan fingerprint density at radius 1 is 1.33 bits per heavy atom. The van der Waals surface area contributed by atoms with Gasteiger partial charge in [0.25, 0.3) is 0 Å². The number of nitrogens with zero attached hydrogens (tertiary/aromatic N) is 2. The smallest absolute Gasteiger partial charge is 0.161 e. The van der Waals surface area contributed by atoms with Crippen LogP contribution in [0.25, 0.3) is 0 Å². The maximum absolute atomic E-state index is 14.6. The summed E-state index contributed by atoms with van der Waals surface area (Å²) < 4.78 is 15.0. The summed E-state index contributed by atoms with van der Waals surface area (Å²) in [6.45, 7) is 6.67. The zero-order valence-electron chi connectivity index (χ0n) is 13.0. The predicted molar refractivity (Wildman–Crippen MR) is 95.6 cm³/mol. The summed E-state index contributed by atoms with van der Waals surface area (Å²) in [5, 5.41) is 0. The Kier molecular flexibility index (Phi) is 7.03. The van der Waals surface area contributed by atoms with Crippen LogP contribution in [0.15, 0.2) is 16.6 Å². The molecule has 0 unspecified atom stereocenters. The number of rotatable bonds is 7. The Morgan fingerprint density at radius 3 is 2.43 bits per heavy atom. The lowest BCUT2D eigenvalue weighted by molar-refractivity contribution is 0.407. The van der Waals surface area contributed by atoms with Gasteiger partial charge < -0.3 is 15.5 Å². The van der Waals surface area contributed by atoms with Crippen molar-refractivity contribution in [2.75, 3.05) is 38.6 Å². The molecule has 1 aromatic carbocycles. The van der Waals surface area contributed by atoms with Gasteiger partial charge in [-0.3, -0.25) is 0 Å². The summed E-state index contributed by atoms with van der Waals surface area (Å²) in [6, 6.07) is 3.53. The monoisotopic (exact) mass is 375 g/mol. The van der Waals surface area contributed by atoms with Crippen molar-refractivity contribution < 1.29 is 4.39 Å². The molecule has 118 valence electrons. The summed E-state index contributed by atoms with van der Waals surface area (Å²) >= 11 is 8.20. The molecule has 1 aromatic rings. The molecule has 0 radical (unpaired) electrons. The number of anilines is 1. The van der Waals surface area contributed by atoms with Gasteiger partial charge in [0.15, 0.2) is 5.82 Å². The van der Waals surface area contributed by atoms with Gasteiger partial charge in [-0.25, -0.2) is 4.39 Å². The van der Waals surface area contributed by atoms with E-state index in [9.17, 15) is 4.39 Å². The Hall–Kier alpha value is -0.720. The highest BCUT2D eigenvalue weighted by Gasteiger charge is 2.18. The summed E-state index contributed by atoms with van der Waals surface area (Å²) in [4.78, 5) is 4.34. The van der Waals surface area contributed by atoms with E-state index in [1.165, 1.54) is 0 Å². The summed E-state index contributed by atoms with van der Waals surface area (Å²) in [7, 11) is 4.02. The van der Waals surface area contributed by atoms with Crippen molar-refractivity contribution in [2.45, 2.75) is 13.8 Å². The molecule has 0 heterocycles. The molecule has 0 fully saturated rings. The molecule has 0 aliphatic carbocycles. The summed E-state index contributed by atoms with van der Waals surface area (Å²) in [5.41, 5.74) is 6.72. The third-order valence-electron chi connectivity index (χ3n) is 3.07. The minimum atomic E-state index is -0.306. The van der Waals surface area contributed by atoms with Crippen molar-refractivity contribution in [3.8, 4) is 0 Å². The molecule has 0 amide bonds. The molecule has 0 aliphatic heterocycles. The molecule has 1 rings (SSSR count). The van der Waals surface area contributed by atoms with Gasteiger partial charge in [0.1, 0.15) is 4.99 Å². The molecule has 0 atom stereocenters. The molecule has 0 spiro atoms. The van der Waals surface area contributed by atoms with Gasteiger partial charge in [-0.15, -0.1) is 0 Å². The highest BCUT2D eigenvalue weighted by Crippen LogP contribution is 2.30. The van der Waals surface area contributed by atoms with Gasteiger partial charge in [0, 0.05) is 25.2 Å². The summed E-state index contributed by atoms with van der Waals surface area (Å²) in [5.74, 6) is 0.139. The number of hydrogen-bond donors (Lipinski definition) is 1. The topological polar surface area (TPSA) is 32.5 Å². The molecular weight excluding hydrogens is 353 g/mol. The normalized spacial score (nSPS) is 11.2. The van der Waals surface area contributed by atoms with Crippen LogP contribution in [-0.2, 0) is 0 Å². The molecule has 0 aromatic heterocycles. The first-order valence-electron chi connectivity index (χ1n) is 6.91. The number of halogens is 2. The van der Waals surface area contributed by atoms with Crippen LogP contribution in [0.3, 0.4) is 0 Å². The molecule has 6 heteroatoms. The fourth-order valence-electron chi connectivity index (χ4n) is 2.05. The molecule has 0 saturated heterocycles. The Balaban J connectivity index is 3.12. The quantitative estimate of drug-likeness (QED) is 0.741. The molecule has 0 aliphatic rings. The molecule has 0 saturated carbocycles. The van der Waals surface area contributed by atoms with E-state index in [0.29, 0.717) is 21.6 Å². The maximum atomic E-state index is 14.6. The van der Waals surface area contributed by atoms with E-state index in [0.717, 1.165) is 19.6 Å². The molecular formula is C15H23BrFN3S. The lowest BCUT2D eigenvalue weighted by atomic mass is 10.1. The lowest BCUT2D eigenvalue weighted by Crippen LogP contribution is -2.35. The zero-order valence-corrected chi connectivity index (χ0v) is 15.4. The van der Waals surface area contributed by atoms with Gasteiger partial charge in [0.05, 0.1) is 10.2 Å². The van der Waals surface area contributed by atoms with Crippen molar-refractivity contribution in [3.63, 3.8) is 0 Å². The minimum Gasteiger partial charge on any atom is -0.389 e. The SMILES string of the molecule is CC(C)CN(CCN(C)C)c1ccc(C(N)=S)c(Br)c1F. The van der Waals surface area contributed by atoms with Crippen molar-refractivity contribution in [1.82, 2.24) is 4.90 Å². The lowest BCUT2D eigenvalue weighted by Gasteiger charge is -2.29. The molecule has 3 nitrogen and oxygen atoms in total. The van der Waals surface area contributed by atoms with Crippen LogP contribution < -0.4 is 10.6 Å². The first kappa shape index (κ1) is 18.3. The first-order valence-corrected chi connectivity index (χ1v) is 8.11. The number of hydrogen-bond acceptors (Lipinski definition) is 3. The third-order valence-corrected chi connectivity index (χ3v) is 4.07. The van der Waals surface area contributed by atoms with Crippen LogP contribution >= 0.6 is 28.1 Å². The number of nitrogens with two attached hydrogens (primary N) is 1. The second-order valence-electron chi connectivity index (χ2n) is 5.77. The third kappa shape index (κ3) is 5.20. The zero-order chi connectivity index (χ0) is 16.2. The van der Waals surface area contributed by atoms with Crippen molar-refractivity contribution in [1.29, 1.82) is 0 Å². The van der Waals surface area contributed by atoms with Gasteiger partial charge in [-0.2, -0.15) is 0 Å². The standard InChI is InChI=1S/C15H23BrFN3S/c1-10(2)9-20(8-7-19(3)4)12-6-5-11(15(18)21)13(16)14(12)17/h5-6,10H,7-9H2,1-4H3,(H2,18,21). The van der Waals surface area contributed by atoms with Crippen LogP contribution in [0.4, 0.5) is 10.1 Å². The van der Waals surface area contributed by atoms with E-state index in [1.807, 2.05) is 14.1 Å². The minimum absolute atomic E-state index is 0.191. The van der Waals surface area contributed by atoms with Crippen molar-refractivity contribution in [2.24, 2.45) is 11.7 Å². The highest BCUT2D eigenvalue weighted by atomic mass is 79.9. The van der Waals surface area contributed by atoms with E-state index in [4.69, 9.17) is 18.0 Å². The Morgan fingerprint density at radius 2 is 1.95 bits per heavy atom. The first-order chi connectivity index (χ1) is 9.73. The van der Waals surface area contributed by atoms with E-state index in [1.54, 1.807) is 12.1 Å². The molecule has 0 bridgehead atoms. The van der Waals surface area contributed by atoms with Crippen LogP contribution in [-0.4, -0.2) is 43.6 Å². The van der Waals surface area contributed by atoms with Gasteiger partial charge in [0.2, 0.25) is 0 Å². The second kappa shape index (κ2) is 8.06. The number of likely N-dealkylation sites (N-methyl/N-ethyl adjacent to an activating group) is 1. The van der Waals surface area contributed by atoms with Crippen LogP contribution in [0.5, 0.6) is 0 Å². The van der Waals surface area contributed by atoms with Crippen LogP contribution in [0, 0.1) is 11.7 Å². The van der Waals surface area contributed by atoms with E-state index in [2.05, 4.69) is 39.6 Å². The van der Waals surface area contributed by atoms with Crippen LogP contribution in [0.2, 0.25) is 0 Å². The van der Waals surface area contributed by atoms with E-state index < -0.39 is 0 Å². The van der Waals surface area contributed by atoms with Crippen molar-refractivity contribution in [3.05, 3.63) is 28.0 Å². The van der Waals surface area contributed by atoms with Gasteiger partial charge >= 0.3 is 0 Å². The van der Waals surface area contributed by atoms with Crippen molar-refractivity contribution >= 4 is 38.8 Å². The molecule has 2 N–H and O–H groups in total. The average Bonchev–Trinajstić information content (AvgIpc) is 2.37. The Labute approximate surface area is 140 Å². The number of thiocarbonyl (C=S) groups is 1. The molecule has 21 heavy (non-hydrogen) atoms. The maximum Gasteiger partial charge on any atom is 0.161 e. The van der Waals surface area contributed by atoms with Gasteiger partial charge in [-0.1, -0.05) is 26.1 Å². The van der Waals surface area contributed by atoms with Gasteiger partial charge in [-0.05, 0) is 48.1 Å². The highest BCUT2D eigenvalue weighted by molar-refractivity contribution is 9.10. The Bertz CT molecular complexity index is 506.